The normalized spacial score (nSPS) is 30.9. The van der Waals surface area contributed by atoms with Gasteiger partial charge in [0.2, 0.25) is 17.7 Å². The number of piperazine rings is 1. The fourth-order valence-corrected chi connectivity index (χ4v) is 5.31. The molecule has 2 saturated heterocycles. The van der Waals surface area contributed by atoms with Gasteiger partial charge in [-0.25, -0.2) is 0 Å². The molecule has 3 amide bonds. The minimum atomic E-state index is -0.131. The summed E-state index contributed by atoms with van der Waals surface area (Å²) in [5.41, 5.74) is 0. The van der Waals surface area contributed by atoms with Crippen molar-refractivity contribution in [2.75, 3.05) is 59.4 Å². The molecule has 9 heteroatoms. The average Bonchev–Trinajstić information content (AvgIpc) is 3.42. The third kappa shape index (κ3) is 3.95. The molecule has 0 radical (unpaired) electrons. The van der Waals surface area contributed by atoms with E-state index >= 15 is 0 Å². The highest BCUT2D eigenvalue weighted by molar-refractivity contribution is 6.06. The highest BCUT2D eigenvalue weighted by atomic mass is 16.2. The van der Waals surface area contributed by atoms with Gasteiger partial charge in [0, 0.05) is 66.3 Å². The van der Waals surface area contributed by atoms with Crippen molar-refractivity contribution < 1.29 is 14.4 Å². The first-order valence-electron chi connectivity index (χ1n) is 11.0. The van der Waals surface area contributed by atoms with Crippen LogP contribution in [0.15, 0.2) is 17.1 Å². The molecule has 30 heavy (non-hydrogen) atoms. The zero-order chi connectivity index (χ0) is 21.3. The first-order chi connectivity index (χ1) is 14.5. The van der Waals surface area contributed by atoms with Crippen molar-refractivity contribution in [2.45, 2.75) is 13.3 Å². The third-order valence-electron chi connectivity index (χ3n) is 6.95. The van der Waals surface area contributed by atoms with Gasteiger partial charge >= 0.3 is 0 Å². The van der Waals surface area contributed by atoms with Gasteiger partial charge in [0.25, 0.3) is 0 Å². The molecule has 4 unspecified atom stereocenters. The van der Waals surface area contributed by atoms with Crippen LogP contribution in [0.4, 0.5) is 0 Å². The summed E-state index contributed by atoms with van der Waals surface area (Å²) in [4.78, 5) is 46.7. The lowest BCUT2D eigenvalue weighted by Gasteiger charge is -2.34. The van der Waals surface area contributed by atoms with Crippen molar-refractivity contribution in [3.63, 3.8) is 0 Å². The number of carbonyl (C=O) groups excluding carboxylic acids is 3. The number of hydrogen-bond donors (Lipinski definition) is 2. The summed E-state index contributed by atoms with van der Waals surface area (Å²) in [6.07, 6.45) is 5.19. The van der Waals surface area contributed by atoms with E-state index in [0.29, 0.717) is 19.0 Å². The van der Waals surface area contributed by atoms with Crippen LogP contribution in [0.3, 0.4) is 0 Å². The van der Waals surface area contributed by atoms with Crippen molar-refractivity contribution in [3.05, 3.63) is 12.2 Å². The maximum Gasteiger partial charge on any atom is 0.233 e. The predicted molar refractivity (Wildman–Crippen MR) is 112 cm³/mol. The average molecular weight is 417 g/mol. The maximum atomic E-state index is 12.7. The minimum Gasteiger partial charge on any atom is -0.355 e. The second kappa shape index (κ2) is 8.75. The Labute approximate surface area is 177 Å². The van der Waals surface area contributed by atoms with Crippen LogP contribution in [0.25, 0.3) is 0 Å². The van der Waals surface area contributed by atoms with Crippen LogP contribution in [0.2, 0.25) is 0 Å². The van der Waals surface area contributed by atoms with Crippen molar-refractivity contribution in [2.24, 2.45) is 28.7 Å². The number of allylic oxidation sites excluding steroid dienone is 2. The van der Waals surface area contributed by atoms with Crippen LogP contribution < -0.4 is 10.6 Å². The van der Waals surface area contributed by atoms with Gasteiger partial charge in [-0.15, -0.1) is 0 Å². The maximum absolute atomic E-state index is 12.7. The topological polar surface area (TPSA) is 97.3 Å². The molecule has 0 aromatic heterocycles. The molecule has 4 aliphatic rings. The van der Waals surface area contributed by atoms with Gasteiger partial charge in [-0.2, -0.15) is 0 Å². The van der Waals surface area contributed by atoms with Crippen molar-refractivity contribution in [3.8, 4) is 0 Å². The Morgan fingerprint density at radius 1 is 1.00 bits per heavy atom. The molecule has 0 aromatic carbocycles. The van der Waals surface area contributed by atoms with E-state index in [1.165, 1.54) is 4.90 Å². The van der Waals surface area contributed by atoms with E-state index in [1.54, 1.807) is 14.0 Å². The summed E-state index contributed by atoms with van der Waals surface area (Å²) in [6.45, 7) is 7.39. The first-order valence-corrected chi connectivity index (χ1v) is 11.0. The molecule has 0 aromatic rings. The SMILES string of the molecule is CN=C(NCCN1CCN(C(C)=O)CC1)NCCN1C(=O)C2C3C=CC(C3)C2C1=O. The number of guanidine groups is 1. The van der Waals surface area contributed by atoms with Gasteiger partial charge in [-0.05, 0) is 18.3 Å². The fourth-order valence-electron chi connectivity index (χ4n) is 5.31. The Morgan fingerprint density at radius 2 is 1.57 bits per heavy atom. The number of carbonyl (C=O) groups is 3. The smallest absolute Gasteiger partial charge is 0.233 e. The van der Waals surface area contributed by atoms with Gasteiger partial charge in [0.1, 0.15) is 0 Å². The van der Waals surface area contributed by atoms with Gasteiger partial charge in [-0.3, -0.25) is 29.2 Å². The largest absolute Gasteiger partial charge is 0.355 e. The van der Waals surface area contributed by atoms with Crippen molar-refractivity contribution >= 4 is 23.7 Å². The number of rotatable bonds is 6. The molecule has 2 heterocycles. The predicted octanol–water partition coefficient (Wildman–Crippen LogP) is -0.877. The molecule has 2 aliphatic carbocycles. The lowest BCUT2D eigenvalue weighted by atomic mass is 9.85. The summed E-state index contributed by atoms with van der Waals surface area (Å²) in [5.74, 6) is 1.04. The Kier molecular flexibility index (Phi) is 6.08. The Morgan fingerprint density at radius 3 is 2.10 bits per heavy atom. The number of fused-ring (bicyclic) bond motifs is 5. The lowest BCUT2D eigenvalue weighted by Crippen LogP contribution is -2.50. The zero-order valence-corrected chi connectivity index (χ0v) is 17.8. The van der Waals surface area contributed by atoms with E-state index < -0.39 is 0 Å². The number of nitrogens with zero attached hydrogens (tertiary/aromatic N) is 4. The minimum absolute atomic E-state index is 0.00343. The zero-order valence-electron chi connectivity index (χ0n) is 17.8. The summed E-state index contributed by atoms with van der Waals surface area (Å²) >= 11 is 0. The third-order valence-corrected chi connectivity index (χ3v) is 6.95. The van der Waals surface area contributed by atoms with Crippen molar-refractivity contribution in [1.29, 1.82) is 0 Å². The van der Waals surface area contributed by atoms with E-state index in [1.807, 2.05) is 4.90 Å². The van der Waals surface area contributed by atoms with Crippen LogP contribution in [0.5, 0.6) is 0 Å². The number of imide groups is 1. The number of nitrogens with one attached hydrogen (secondary N) is 2. The van der Waals surface area contributed by atoms with Gasteiger partial charge in [0.15, 0.2) is 5.96 Å². The molecular formula is C21H32N6O3. The van der Waals surface area contributed by atoms with E-state index in [9.17, 15) is 14.4 Å². The molecule has 2 bridgehead atoms. The summed E-state index contributed by atoms with van der Waals surface area (Å²) < 4.78 is 0. The van der Waals surface area contributed by atoms with Crippen LogP contribution in [0.1, 0.15) is 13.3 Å². The molecule has 4 atom stereocenters. The molecule has 4 rings (SSSR count). The fraction of sp³-hybridized carbons (Fsp3) is 0.714. The van der Waals surface area contributed by atoms with E-state index in [0.717, 1.165) is 45.7 Å². The quantitative estimate of drug-likeness (QED) is 0.253. The molecule has 164 valence electrons. The van der Waals surface area contributed by atoms with Crippen molar-refractivity contribution in [1.82, 2.24) is 25.3 Å². The van der Waals surface area contributed by atoms with Gasteiger partial charge in [-0.1, -0.05) is 12.2 Å². The van der Waals surface area contributed by atoms with Crippen LogP contribution in [0, 0.1) is 23.7 Å². The second-order valence-electron chi connectivity index (χ2n) is 8.60. The summed E-state index contributed by atoms with van der Waals surface area (Å²) in [5, 5.41) is 6.49. The first kappa shape index (κ1) is 20.8. The Bertz CT molecular complexity index is 728. The molecule has 3 fully saturated rings. The number of hydrogen-bond acceptors (Lipinski definition) is 5. The molecular weight excluding hydrogens is 384 g/mol. The lowest BCUT2D eigenvalue weighted by molar-refractivity contribution is -0.140. The molecule has 2 aliphatic heterocycles. The van der Waals surface area contributed by atoms with Gasteiger partial charge < -0.3 is 15.5 Å². The monoisotopic (exact) mass is 416 g/mol. The number of amides is 3. The second-order valence-corrected chi connectivity index (χ2v) is 8.60. The summed E-state index contributed by atoms with van der Waals surface area (Å²) in [7, 11) is 1.71. The number of likely N-dealkylation sites (tertiary alicyclic amines) is 1. The van der Waals surface area contributed by atoms with Crippen LogP contribution in [-0.2, 0) is 14.4 Å². The van der Waals surface area contributed by atoms with E-state index in [4.69, 9.17) is 0 Å². The standard InChI is InChI=1S/C21H32N6O3/c1-14(28)26-11-9-25(10-12-26)7-5-23-21(22-2)24-6-8-27-19(29)17-15-3-4-16(13-15)18(17)20(27)30/h3-4,15-18H,5-13H2,1-2H3,(H2,22,23,24). The Balaban J connectivity index is 1.16. The summed E-state index contributed by atoms with van der Waals surface area (Å²) in [6, 6.07) is 0. The molecule has 9 nitrogen and oxygen atoms in total. The Hall–Kier alpha value is -2.42. The highest BCUT2D eigenvalue weighted by Gasteiger charge is 2.58. The number of aliphatic imine (C=N–C) groups is 1. The van der Waals surface area contributed by atoms with Crippen LogP contribution in [-0.4, -0.2) is 97.8 Å². The van der Waals surface area contributed by atoms with E-state index in [2.05, 4.69) is 32.7 Å². The van der Waals surface area contributed by atoms with Gasteiger partial charge in [0.05, 0.1) is 11.8 Å². The molecule has 2 N–H and O–H groups in total. The molecule has 1 saturated carbocycles. The highest BCUT2D eigenvalue weighted by Crippen LogP contribution is 2.52. The van der Waals surface area contributed by atoms with Crippen LogP contribution >= 0.6 is 0 Å². The van der Waals surface area contributed by atoms with E-state index in [-0.39, 0.29) is 41.4 Å². The molecule has 0 spiro atoms.